The molecule has 0 amide bonds. The summed E-state index contributed by atoms with van der Waals surface area (Å²) in [5, 5.41) is 24.7. The van der Waals surface area contributed by atoms with Crippen LogP contribution in [0.15, 0.2) is 24.3 Å². The van der Waals surface area contributed by atoms with Crippen molar-refractivity contribution >= 4 is 5.69 Å². The third-order valence-corrected chi connectivity index (χ3v) is 2.82. The zero-order chi connectivity index (χ0) is 15.4. The number of nitro groups is 1. The summed E-state index contributed by atoms with van der Waals surface area (Å²) >= 11 is 0. The SMILES string of the molecule is Cc1nc(C)n(CC(O)COc2cccc([N+](=O)[O-])c2)n1. The Kier molecular flexibility index (Phi) is 4.49. The third-order valence-electron chi connectivity index (χ3n) is 2.82. The molecule has 0 saturated carbocycles. The van der Waals surface area contributed by atoms with Crippen molar-refractivity contribution < 1.29 is 14.8 Å². The minimum Gasteiger partial charge on any atom is -0.491 e. The minimum atomic E-state index is -0.788. The molecule has 2 aromatic rings. The average molecular weight is 292 g/mol. The van der Waals surface area contributed by atoms with Crippen LogP contribution in [0.25, 0.3) is 0 Å². The molecular weight excluding hydrogens is 276 g/mol. The predicted molar refractivity (Wildman–Crippen MR) is 74.1 cm³/mol. The van der Waals surface area contributed by atoms with Gasteiger partial charge in [0.25, 0.3) is 5.69 Å². The molecule has 1 unspecified atom stereocenters. The van der Waals surface area contributed by atoms with Crippen LogP contribution in [0.4, 0.5) is 5.69 Å². The zero-order valence-electron chi connectivity index (χ0n) is 11.8. The lowest BCUT2D eigenvalue weighted by atomic mass is 10.3. The Morgan fingerprint density at radius 3 is 2.86 bits per heavy atom. The van der Waals surface area contributed by atoms with Gasteiger partial charge in [-0.05, 0) is 19.9 Å². The molecule has 0 spiro atoms. The first-order chi connectivity index (χ1) is 9.95. The van der Waals surface area contributed by atoms with E-state index in [0.717, 1.165) is 0 Å². The summed E-state index contributed by atoms with van der Waals surface area (Å²) in [5.74, 6) is 1.69. The Morgan fingerprint density at radius 1 is 1.48 bits per heavy atom. The van der Waals surface area contributed by atoms with Crippen LogP contribution >= 0.6 is 0 Å². The summed E-state index contributed by atoms with van der Waals surface area (Å²) in [7, 11) is 0. The standard InChI is InChI=1S/C13H16N4O4/c1-9-14-10(2)16(15-9)7-12(18)8-21-13-5-3-4-11(6-13)17(19)20/h3-6,12,18H,7-8H2,1-2H3. The van der Waals surface area contributed by atoms with Gasteiger partial charge in [-0.15, -0.1) is 0 Å². The topological polar surface area (TPSA) is 103 Å². The molecule has 0 fully saturated rings. The molecule has 1 atom stereocenters. The number of hydrogen-bond donors (Lipinski definition) is 1. The molecule has 2 rings (SSSR count). The Hall–Kier alpha value is -2.48. The van der Waals surface area contributed by atoms with Crippen LogP contribution in [0.1, 0.15) is 11.6 Å². The number of aliphatic hydroxyl groups is 1. The van der Waals surface area contributed by atoms with E-state index in [2.05, 4.69) is 10.1 Å². The number of rotatable bonds is 6. The van der Waals surface area contributed by atoms with Crippen molar-refractivity contribution in [2.45, 2.75) is 26.5 Å². The van der Waals surface area contributed by atoms with Crippen LogP contribution in [0, 0.1) is 24.0 Å². The Balaban J connectivity index is 1.92. The highest BCUT2D eigenvalue weighted by atomic mass is 16.6. The Labute approximate surface area is 121 Å². The number of benzene rings is 1. The van der Waals surface area contributed by atoms with Crippen LogP contribution in [-0.4, -0.2) is 37.5 Å². The van der Waals surface area contributed by atoms with E-state index in [-0.39, 0.29) is 18.8 Å². The van der Waals surface area contributed by atoms with E-state index >= 15 is 0 Å². The molecule has 0 radical (unpaired) electrons. The smallest absolute Gasteiger partial charge is 0.273 e. The van der Waals surface area contributed by atoms with Crippen LogP contribution in [0.2, 0.25) is 0 Å². The summed E-state index contributed by atoms with van der Waals surface area (Å²) in [6.45, 7) is 3.84. The first kappa shape index (κ1) is 14.9. The van der Waals surface area contributed by atoms with E-state index in [4.69, 9.17) is 4.74 Å². The summed E-state index contributed by atoms with van der Waals surface area (Å²) < 4.78 is 6.96. The van der Waals surface area contributed by atoms with Gasteiger partial charge < -0.3 is 9.84 Å². The van der Waals surface area contributed by atoms with Gasteiger partial charge in [-0.1, -0.05) is 6.07 Å². The summed E-state index contributed by atoms with van der Waals surface area (Å²) in [6, 6.07) is 5.83. The molecule has 1 aromatic heterocycles. The van der Waals surface area contributed by atoms with E-state index in [1.165, 1.54) is 18.2 Å². The molecular formula is C13H16N4O4. The molecule has 8 heteroatoms. The maximum Gasteiger partial charge on any atom is 0.273 e. The average Bonchev–Trinajstić information content (AvgIpc) is 2.75. The number of aromatic nitrogens is 3. The first-order valence-corrected chi connectivity index (χ1v) is 6.39. The molecule has 0 saturated heterocycles. The summed E-state index contributed by atoms with van der Waals surface area (Å²) in [4.78, 5) is 14.3. The van der Waals surface area contributed by atoms with Gasteiger partial charge in [0.05, 0.1) is 17.5 Å². The zero-order valence-corrected chi connectivity index (χ0v) is 11.8. The van der Waals surface area contributed by atoms with Gasteiger partial charge in [-0.2, -0.15) is 5.10 Å². The van der Waals surface area contributed by atoms with Crippen molar-refractivity contribution in [1.82, 2.24) is 14.8 Å². The van der Waals surface area contributed by atoms with Gasteiger partial charge in [0.2, 0.25) is 0 Å². The van der Waals surface area contributed by atoms with Gasteiger partial charge in [-0.3, -0.25) is 10.1 Å². The number of non-ortho nitro benzene ring substituents is 1. The number of aryl methyl sites for hydroxylation is 2. The highest BCUT2D eigenvalue weighted by molar-refractivity contribution is 5.37. The minimum absolute atomic E-state index is 0.0134. The molecule has 1 heterocycles. The third kappa shape index (κ3) is 3.99. The number of hydrogen-bond acceptors (Lipinski definition) is 6. The summed E-state index contributed by atoms with van der Waals surface area (Å²) in [5.41, 5.74) is -0.0512. The number of nitrogens with zero attached hydrogens (tertiary/aromatic N) is 4. The van der Waals surface area contributed by atoms with E-state index in [1.807, 2.05) is 0 Å². The van der Waals surface area contributed by atoms with E-state index in [0.29, 0.717) is 17.4 Å². The summed E-state index contributed by atoms with van der Waals surface area (Å²) in [6.07, 6.45) is -0.788. The number of ether oxygens (including phenoxy) is 1. The first-order valence-electron chi connectivity index (χ1n) is 6.39. The second-order valence-electron chi connectivity index (χ2n) is 4.61. The number of nitro benzene ring substituents is 1. The largest absolute Gasteiger partial charge is 0.491 e. The quantitative estimate of drug-likeness (QED) is 0.634. The van der Waals surface area contributed by atoms with Crippen LogP contribution in [-0.2, 0) is 6.54 Å². The van der Waals surface area contributed by atoms with Crippen molar-refractivity contribution in [3.63, 3.8) is 0 Å². The maximum absolute atomic E-state index is 10.7. The molecule has 0 aliphatic rings. The predicted octanol–water partition coefficient (Wildman–Crippen LogP) is 1.24. The molecule has 0 aliphatic carbocycles. The molecule has 0 aliphatic heterocycles. The molecule has 112 valence electrons. The van der Waals surface area contributed by atoms with Crippen molar-refractivity contribution in [3.05, 3.63) is 46.0 Å². The molecule has 8 nitrogen and oxygen atoms in total. The van der Waals surface area contributed by atoms with Gasteiger partial charge in [-0.25, -0.2) is 9.67 Å². The Bertz CT molecular complexity index is 641. The fourth-order valence-corrected chi connectivity index (χ4v) is 1.87. The highest BCUT2D eigenvalue weighted by Crippen LogP contribution is 2.19. The monoisotopic (exact) mass is 292 g/mol. The van der Waals surface area contributed by atoms with Gasteiger partial charge in [0.15, 0.2) is 0 Å². The lowest BCUT2D eigenvalue weighted by Crippen LogP contribution is -2.24. The highest BCUT2D eigenvalue weighted by Gasteiger charge is 2.12. The van der Waals surface area contributed by atoms with Crippen molar-refractivity contribution in [1.29, 1.82) is 0 Å². The Morgan fingerprint density at radius 2 is 2.24 bits per heavy atom. The van der Waals surface area contributed by atoms with Crippen LogP contribution in [0.3, 0.4) is 0 Å². The molecule has 21 heavy (non-hydrogen) atoms. The van der Waals surface area contributed by atoms with E-state index in [1.54, 1.807) is 24.6 Å². The fourth-order valence-electron chi connectivity index (χ4n) is 1.87. The molecule has 1 N–H and O–H groups in total. The van der Waals surface area contributed by atoms with Crippen molar-refractivity contribution in [2.75, 3.05) is 6.61 Å². The maximum atomic E-state index is 10.7. The van der Waals surface area contributed by atoms with E-state index in [9.17, 15) is 15.2 Å². The molecule has 1 aromatic carbocycles. The van der Waals surface area contributed by atoms with Crippen molar-refractivity contribution in [3.8, 4) is 5.75 Å². The lowest BCUT2D eigenvalue weighted by Gasteiger charge is -2.12. The van der Waals surface area contributed by atoms with Crippen LogP contribution in [0.5, 0.6) is 5.75 Å². The van der Waals surface area contributed by atoms with E-state index < -0.39 is 11.0 Å². The fraction of sp³-hybridized carbons (Fsp3) is 0.385. The van der Waals surface area contributed by atoms with Gasteiger partial charge >= 0.3 is 0 Å². The van der Waals surface area contributed by atoms with Crippen molar-refractivity contribution in [2.24, 2.45) is 0 Å². The van der Waals surface area contributed by atoms with Crippen LogP contribution < -0.4 is 4.74 Å². The van der Waals surface area contributed by atoms with Gasteiger partial charge in [0, 0.05) is 6.07 Å². The van der Waals surface area contributed by atoms with Gasteiger partial charge in [0.1, 0.15) is 30.1 Å². The molecule has 0 bridgehead atoms. The second-order valence-corrected chi connectivity index (χ2v) is 4.61. The normalized spacial score (nSPS) is 12.1. The lowest BCUT2D eigenvalue weighted by molar-refractivity contribution is -0.384. The second kappa shape index (κ2) is 6.31. The number of aliphatic hydroxyl groups excluding tert-OH is 1.